The van der Waals surface area contributed by atoms with Gasteiger partial charge in [-0.15, -0.1) is 11.3 Å². The van der Waals surface area contributed by atoms with Crippen LogP contribution >= 0.6 is 11.3 Å². The minimum Gasteiger partial charge on any atom is -0.368 e. The van der Waals surface area contributed by atoms with Crippen LogP contribution in [0.3, 0.4) is 0 Å². The van der Waals surface area contributed by atoms with Gasteiger partial charge in [-0.25, -0.2) is 4.98 Å². The predicted molar refractivity (Wildman–Crippen MR) is 82.6 cm³/mol. The number of hydrogen-bond donors (Lipinski definition) is 1. The molecule has 1 aromatic carbocycles. The standard InChI is InChI=1S/C15H21N3S/c1-3-13(16)8-12-6-4-5-7-15(12)18(2)9-14-10-19-11-17-14/h4-7,10-11,13H,3,8-9,16H2,1-2H3. The van der Waals surface area contributed by atoms with Crippen molar-refractivity contribution in [1.82, 2.24) is 4.98 Å². The summed E-state index contributed by atoms with van der Waals surface area (Å²) in [4.78, 5) is 6.58. The maximum atomic E-state index is 6.08. The zero-order valence-electron chi connectivity index (χ0n) is 11.5. The Kier molecular flexibility index (Phi) is 4.93. The van der Waals surface area contributed by atoms with Gasteiger partial charge in [0.15, 0.2) is 0 Å². The van der Waals surface area contributed by atoms with Crippen LogP contribution in [0, 0.1) is 0 Å². The molecule has 0 amide bonds. The van der Waals surface area contributed by atoms with Crippen LogP contribution in [0.15, 0.2) is 35.2 Å². The van der Waals surface area contributed by atoms with Gasteiger partial charge in [0.25, 0.3) is 0 Å². The van der Waals surface area contributed by atoms with E-state index in [2.05, 4.69) is 53.5 Å². The fourth-order valence-corrected chi connectivity index (χ4v) is 2.68. The van der Waals surface area contributed by atoms with Crippen molar-refractivity contribution in [3.05, 3.63) is 46.4 Å². The molecule has 1 atom stereocenters. The highest BCUT2D eigenvalue weighted by atomic mass is 32.1. The summed E-state index contributed by atoms with van der Waals surface area (Å²) in [6, 6.07) is 8.71. The summed E-state index contributed by atoms with van der Waals surface area (Å²) in [6.45, 7) is 2.97. The molecule has 0 saturated carbocycles. The molecule has 1 heterocycles. The van der Waals surface area contributed by atoms with Gasteiger partial charge in [0.1, 0.15) is 0 Å². The summed E-state index contributed by atoms with van der Waals surface area (Å²) in [5.41, 5.74) is 11.6. The number of hydrogen-bond acceptors (Lipinski definition) is 4. The molecule has 0 aliphatic carbocycles. The fraction of sp³-hybridized carbons (Fsp3) is 0.400. The molecule has 1 unspecified atom stereocenters. The lowest BCUT2D eigenvalue weighted by molar-refractivity contribution is 0.645. The van der Waals surface area contributed by atoms with Crippen LogP contribution in [0.4, 0.5) is 5.69 Å². The number of thiazole rings is 1. The number of rotatable bonds is 6. The molecule has 0 saturated heterocycles. The quantitative estimate of drug-likeness (QED) is 0.881. The van der Waals surface area contributed by atoms with Gasteiger partial charge in [-0.05, 0) is 24.5 Å². The number of benzene rings is 1. The fourth-order valence-electron chi connectivity index (χ4n) is 2.13. The van der Waals surface area contributed by atoms with Crippen LogP contribution in [-0.2, 0) is 13.0 Å². The topological polar surface area (TPSA) is 42.1 Å². The van der Waals surface area contributed by atoms with Crippen LogP contribution in [0.1, 0.15) is 24.6 Å². The molecule has 1 aromatic heterocycles. The van der Waals surface area contributed by atoms with E-state index in [0.29, 0.717) is 0 Å². The second-order valence-electron chi connectivity index (χ2n) is 4.84. The average molecular weight is 275 g/mol. The van der Waals surface area contributed by atoms with Gasteiger partial charge < -0.3 is 10.6 Å². The van der Waals surface area contributed by atoms with Crippen molar-refractivity contribution in [3.8, 4) is 0 Å². The number of aromatic nitrogens is 1. The van der Waals surface area contributed by atoms with E-state index in [1.54, 1.807) is 11.3 Å². The molecular formula is C15H21N3S. The summed E-state index contributed by atoms with van der Waals surface area (Å²) >= 11 is 1.64. The first-order valence-electron chi connectivity index (χ1n) is 6.62. The number of anilines is 1. The van der Waals surface area contributed by atoms with Crippen molar-refractivity contribution in [2.75, 3.05) is 11.9 Å². The van der Waals surface area contributed by atoms with Gasteiger partial charge in [0, 0.05) is 24.2 Å². The van der Waals surface area contributed by atoms with Crippen molar-refractivity contribution in [1.29, 1.82) is 0 Å². The van der Waals surface area contributed by atoms with Crippen LogP contribution < -0.4 is 10.6 Å². The average Bonchev–Trinajstić information content (AvgIpc) is 2.92. The smallest absolute Gasteiger partial charge is 0.0795 e. The Hall–Kier alpha value is -1.39. The molecule has 0 aliphatic rings. The lowest BCUT2D eigenvalue weighted by atomic mass is 10.0. The second kappa shape index (κ2) is 6.68. The third-order valence-corrected chi connectivity index (χ3v) is 3.93. The van der Waals surface area contributed by atoms with E-state index >= 15 is 0 Å². The zero-order chi connectivity index (χ0) is 13.7. The van der Waals surface area contributed by atoms with Crippen molar-refractivity contribution in [2.45, 2.75) is 32.4 Å². The Bertz CT molecular complexity index is 496. The van der Waals surface area contributed by atoms with Crippen LogP contribution in [0.2, 0.25) is 0 Å². The van der Waals surface area contributed by atoms with Gasteiger partial charge in [0.2, 0.25) is 0 Å². The maximum absolute atomic E-state index is 6.08. The van der Waals surface area contributed by atoms with E-state index in [1.807, 2.05) is 5.51 Å². The highest BCUT2D eigenvalue weighted by molar-refractivity contribution is 7.07. The Labute approximate surface area is 119 Å². The number of para-hydroxylation sites is 1. The monoisotopic (exact) mass is 275 g/mol. The van der Waals surface area contributed by atoms with Gasteiger partial charge in [-0.1, -0.05) is 25.1 Å². The highest BCUT2D eigenvalue weighted by Crippen LogP contribution is 2.22. The van der Waals surface area contributed by atoms with E-state index in [9.17, 15) is 0 Å². The largest absolute Gasteiger partial charge is 0.368 e. The summed E-state index contributed by atoms with van der Waals surface area (Å²) in [7, 11) is 2.11. The number of nitrogens with two attached hydrogens (primary N) is 1. The van der Waals surface area contributed by atoms with Crippen LogP contribution in [0.5, 0.6) is 0 Å². The molecular weight excluding hydrogens is 254 g/mol. The molecule has 2 N–H and O–H groups in total. The van der Waals surface area contributed by atoms with Gasteiger partial charge in [0.05, 0.1) is 17.7 Å². The molecule has 0 fully saturated rings. The van der Waals surface area contributed by atoms with Crippen LogP contribution in [0.25, 0.3) is 0 Å². The van der Waals surface area contributed by atoms with Gasteiger partial charge in [-0.2, -0.15) is 0 Å². The molecule has 4 heteroatoms. The van der Waals surface area contributed by atoms with E-state index < -0.39 is 0 Å². The van der Waals surface area contributed by atoms with Gasteiger partial charge >= 0.3 is 0 Å². The lowest BCUT2D eigenvalue weighted by Crippen LogP contribution is -2.24. The summed E-state index contributed by atoms with van der Waals surface area (Å²) in [5.74, 6) is 0. The molecule has 2 aromatic rings. The minimum atomic E-state index is 0.230. The molecule has 0 bridgehead atoms. The first-order chi connectivity index (χ1) is 9.20. The normalized spacial score (nSPS) is 12.4. The Balaban J connectivity index is 2.14. The van der Waals surface area contributed by atoms with E-state index in [0.717, 1.165) is 25.1 Å². The van der Waals surface area contributed by atoms with E-state index in [-0.39, 0.29) is 6.04 Å². The Morgan fingerprint density at radius 1 is 1.37 bits per heavy atom. The maximum Gasteiger partial charge on any atom is 0.0795 e. The molecule has 19 heavy (non-hydrogen) atoms. The van der Waals surface area contributed by atoms with E-state index in [4.69, 9.17) is 5.73 Å². The molecule has 0 radical (unpaired) electrons. The molecule has 3 nitrogen and oxygen atoms in total. The third-order valence-electron chi connectivity index (χ3n) is 3.29. The molecule has 102 valence electrons. The van der Waals surface area contributed by atoms with Crippen molar-refractivity contribution < 1.29 is 0 Å². The van der Waals surface area contributed by atoms with Crippen LogP contribution in [-0.4, -0.2) is 18.1 Å². The van der Waals surface area contributed by atoms with E-state index in [1.165, 1.54) is 11.3 Å². The molecule has 0 spiro atoms. The summed E-state index contributed by atoms with van der Waals surface area (Å²) < 4.78 is 0. The second-order valence-corrected chi connectivity index (χ2v) is 5.56. The van der Waals surface area contributed by atoms with Crippen molar-refractivity contribution >= 4 is 17.0 Å². The van der Waals surface area contributed by atoms with Gasteiger partial charge in [-0.3, -0.25) is 0 Å². The Morgan fingerprint density at radius 2 is 2.16 bits per heavy atom. The molecule has 2 rings (SSSR count). The lowest BCUT2D eigenvalue weighted by Gasteiger charge is -2.22. The third kappa shape index (κ3) is 3.78. The Morgan fingerprint density at radius 3 is 2.84 bits per heavy atom. The van der Waals surface area contributed by atoms with Crippen molar-refractivity contribution in [3.63, 3.8) is 0 Å². The summed E-state index contributed by atoms with van der Waals surface area (Å²) in [6.07, 6.45) is 1.93. The first-order valence-corrected chi connectivity index (χ1v) is 7.56. The SMILES string of the molecule is CCC(N)Cc1ccccc1N(C)Cc1cscn1. The number of nitrogens with zero attached hydrogens (tertiary/aromatic N) is 2. The minimum absolute atomic E-state index is 0.230. The zero-order valence-corrected chi connectivity index (χ0v) is 12.4. The van der Waals surface area contributed by atoms with Crippen molar-refractivity contribution in [2.24, 2.45) is 5.73 Å². The first kappa shape index (κ1) is 14.0. The molecule has 0 aliphatic heterocycles. The predicted octanol–water partition coefficient (Wildman–Crippen LogP) is 3.06. The highest BCUT2D eigenvalue weighted by Gasteiger charge is 2.10. The summed E-state index contributed by atoms with van der Waals surface area (Å²) in [5, 5.41) is 2.09.